The van der Waals surface area contributed by atoms with Crippen LogP contribution in [0.3, 0.4) is 0 Å². The van der Waals surface area contributed by atoms with Gasteiger partial charge in [-0.2, -0.15) is 0 Å². The van der Waals surface area contributed by atoms with Crippen molar-refractivity contribution < 1.29 is 14.8 Å². The van der Waals surface area contributed by atoms with Crippen LogP contribution in [0.4, 0.5) is 5.69 Å². The van der Waals surface area contributed by atoms with E-state index in [4.69, 9.17) is 10.8 Å². The molecule has 1 unspecified atom stereocenters. The molecule has 0 heterocycles. The van der Waals surface area contributed by atoms with Crippen LogP contribution in [0, 0.1) is 10.1 Å². The maximum absolute atomic E-state index is 10.5. The standard InChI is InChI=1S/C11H14N2O4Se/c12-10(11(14)15)5-6-18-7-8-1-3-9(4-2-8)13(16)17/h1-4,10H,5-7,12H2,(H,14,15). The summed E-state index contributed by atoms with van der Waals surface area (Å²) in [5.41, 5.74) is 6.50. The van der Waals surface area contributed by atoms with Gasteiger partial charge in [0.05, 0.1) is 0 Å². The van der Waals surface area contributed by atoms with Crippen molar-refractivity contribution in [3.8, 4) is 0 Å². The molecule has 0 bridgehead atoms. The first-order chi connectivity index (χ1) is 8.50. The van der Waals surface area contributed by atoms with Gasteiger partial charge in [-0.05, 0) is 0 Å². The van der Waals surface area contributed by atoms with E-state index in [2.05, 4.69) is 0 Å². The fourth-order valence-corrected chi connectivity index (χ4v) is 3.32. The number of nitrogens with zero attached hydrogens (tertiary/aromatic N) is 1. The Labute approximate surface area is 110 Å². The van der Waals surface area contributed by atoms with Crippen LogP contribution in [0.5, 0.6) is 0 Å². The molecule has 18 heavy (non-hydrogen) atoms. The third kappa shape index (κ3) is 4.83. The van der Waals surface area contributed by atoms with Crippen LogP contribution in [-0.4, -0.2) is 37.0 Å². The molecule has 0 aromatic heterocycles. The number of nitro groups is 1. The summed E-state index contributed by atoms with van der Waals surface area (Å²) in [5.74, 6) is -0.971. The van der Waals surface area contributed by atoms with Gasteiger partial charge in [0.1, 0.15) is 0 Å². The molecule has 0 spiro atoms. The maximum atomic E-state index is 10.5. The Hall–Kier alpha value is -1.43. The number of aliphatic carboxylic acids is 1. The Kier molecular flexibility index (Phi) is 5.77. The van der Waals surface area contributed by atoms with E-state index in [9.17, 15) is 14.9 Å². The van der Waals surface area contributed by atoms with Gasteiger partial charge < -0.3 is 0 Å². The van der Waals surface area contributed by atoms with Crippen molar-refractivity contribution >= 4 is 26.6 Å². The fourth-order valence-electron chi connectivity index (χ4n) is 1.24. The van der Waals surface area contributed by atoms with Crippen LogP contribution in [-0.2, 0) is 10.1 Å². The molecule has 1 atom stereocenters. The number of nitrogens with two attached hydrogens (primary N) is 1. The molecular formula is C11H14N2O4Se. The first-order valence-electron chi connectivity index (χ1n) is 5.30. The van der Waals surface area contributed by atoms with Gasteiger partial charge in [0.15, 0.2) is 0 Å². The van der Waals surface area contributed by atoms with Crippen LogP contribution < -0.4 is 5.73 Å². The summed E-state index contributed by atoms with van der Waals surface area (Å²) in [4.78, 5) is 20.5. The van der Waals surface area contributed by atoms with E-state index in [1.807, 2.05) is 0 Å². The zero-order valence-electron chi connectivity index (χ0n) is 9.61. The van der Waals surface area contributed by atoms with E-state index in [-0.39, 0.29) is 20.6 Å². The molecule has 1 aromatic rings. The summed E-state index contributed by atoms with van der Waals surface area (Å²) >= 11 is 0.267. The minimum atomic E-state index is -0.971. The molecule has 0 aliphatic rings. The van der Waals surface area contributed by atoms with E-state index >= 15 is 0 Å². The monoisotopic (exact) mass is 318 g/mol. The summed E-state index contributed by atoms with van der Waals surface area (Å²) < 4.78 is 0. The average molecular weight is 317 g/mol. The molecule has 0 saturated carbocycles. The van der Waals surface area contributed by atoms with Crippen molar-refractivity contribution in [2.24, 2.45) is 5.73 Å². The van der Waals surface area contributed by atoms with Crippen LogP contribution in [0.1, 0.15) is 12.0 Å². The number of rotatable bonds is 7. The van der Waals surface area contributed by atoms with Gasteiger partial charge in [0.2, 0.25) is 0 Å². The van der Waals surface area contributed by atoms with Gasteiger partial charge in [-0.1, -0.05) is 0 Å². The number of hydrogen-bond donors (Lipinski definition) is 2. The van der Waals surface area contributed by atoms with E-state index in [0.717, 1.165) is 16.2 Å². The van der Waals surface area contributed by atoms with Crippen molar-refractivity contribution in [2.45, 2.75) is 23.1 Å². The quantitative estimate of drug-likeness (QED) is 0.338. The molecule has 7 heteroatoms. The van der Waals surface area contributed by atoms with Crippen LogP contribution >= 0.6 is 0 Å². The number of carbonyl (C=O) groups is 1. The molecule has 98 valence electrons. The van der Waals surface area contributed by atoms with E-state index in [1.165, 1.54) is 12.1 Å². The summed E-state index contributed by atoms with van der Waals surface area (Å²) in [6.45, 7) is 0. The molecule has 0 radical (unpaired) electrons. The van der Waals surface area contributed by atoms with Crippen LogP contribution in [0.2, 0.25) is 5.32 Å². The normalized spacial score (nSPS) is 12.1. The number of non-ortho nitro benzene ring substituents is 1. The zero-order valence-corrected chi connectivity index (χ0v) is 11.3. The van der Waals surface area contributed by atoms with Crippen molar-refractivity contribution in [2.75, 3.05) is 0 Å². The van der Waals surface area contributed by atoms with Crippen LogP contribution in [0.25, 0.3) is 0 Å². The second-order valence-electron chi connectivity index (χ2n) is 3.71. The van der Waals surface area contributed by atoms with Crippen LogP contribution in [0.15, 0.2) is 24.3 Å². The second kappa shape index (κ2) is 7.10. The van der Waals surface area contributed by atoms with Crippen molar-refractivity contribution in [3.05, 3.63) is 39.9 Å². The van der Waals surface area contributed by atoms with E-state index in [0.29, 0.717) is 6.42 Å². The van der Waals surface area contributed by atoms with Crippen molar-refractivity contribution in [1.29, 1.82) is 0 Å². The number of carboxylic acids is 1. The van der Waals surface area contributed by atoms with Gasteiger partial charge in [-0.25, -0.2) is 0 Å². The first kappa shape index (κ1) is 14.6. The first-order valence-corrected chi connectivity index (χ1v) is 7.72. The third-order valence-electron chi connectivity index (χ3n) is 2.31. The number of carboxylic acid groups (broad SMARTS) is 1. The van der Waals surface area contributed by atoms with Crippen molar-refractivity contribution in [3.63, 3.8) is 0 Å². The predicted octanol–water partition coefficient (Wildman–Crippen LogP) is 1.02. The Bertz CT molecular complexity index is 422. The van der Waals surface area contributed by atoms with Gasteiger partial charge >= 0.3 is 110 Å². The Morgan fingerprint density at radius 3 is 2.56 bits per heavy atom. The molecule has 0 aliphatic heterocycles. The topological polar surface area (TPSA) is 106 Å². The summed E-state index contributed by atoms with van der Waals surface area (Å²) in [7, 11) is 0. The van der Waals surface area contributed by atoms with Gasteiger partial charge in [0, 0.05) is 0 Å². The van der Waals surface area contributed by atoms with E-state index < -0.39 is 16.9 Å². The molecule has 0 fully saturated rings. The van der Waals surface area contributed by atoms with E-state index in [1.54, 1.807) is 12.1 Å². The molecular weight excluding hydrogens is 303 g/mol. The number of nitro benzene ring substituents is 1. The molecule has 0 saturated heterocycles. The average Bonchev–Trinajstić information content (AvgIpc) is 2.34. The number of benzene rings is 1. The molecule has 1 aromatic carbocycles. The SMILES string of the molecule is NC(CC[Se]Cc1ccc([N+](=O)[O-])cc1)C(=O)O. The fraction of sp³-hybridized carbons (Fsp3) is 0.364. The molecule has 6 nitrogen and oxygen atoms in total. The molecule has 1 rings (SSSR count). The summed E-state index contributed by atoms with van der Waals surface area (Å²) in [6.07, 6.45) is 0.475. The van der Waals surface area contributed by atoms with Gasteiger partial charge in [-0.15, -0.1) is 0 Å². The Morgan fingerprint density at radius 2 is 2.06 bits per heavy atom. The third-order valence-corrected chi connectivity index (χ3v) is 4.53. The predicted molar refractivity (Wildman–Crippen MR) is 67.6 cm³/mol. The van der Waals surface area contributed by atoms with Gasteiger partial charge in [-0.3, -0.25) is 0 Å². The summed E-state index contributed by atoms with van der Waals surface area (Å²) in [6, 6.07) is 5.64. The molecule has 0 amide bonds. The van der Waals surface area contributed by atoms with Gasteiger partial charge in [0.25, 0.3) is 0 Å². The minimum absolute atomic E-state index is 0.0825. The second-order valence-corrected chi connectivity index (χ2v) is 6.03. The Morgan fingerprint density at radius 1 is 1.44 bits per heavy atom. The Balaban J connectivity index is 2.31. The molecule has 3 N–H and O–H groups in total. The number of hydrogen-bond acceptors (Lipinski definition) is 4. The zero-order chi connectivity index (χ0) is 13.5. The molecule has 0 aliphatic carbocycles. The summed E-state index contributed by atoms with van der Waals surface area (Å²) in [5, 5.41) is 20.7. The van der Waals surface area contributed by atoms with Crippen molar-refractivity contribution in [1.82, 2.24) is 0 Å².